The van der Waals surface area contributed by atoms with E-state index in [1.807, 2.05) is 35.4 Å². The third kappa shape index (κ3) is 1.49. The Labute approximate surface area is 76.1 Å². The Kier molecular flexibility index (Phi) is 1.92. The summed E-state index contributed by atoms with van der Waals surface area (Å²) in [7, 11) is 0. The minimum Gasteiger partial charge on any atom is -0.308 e. The van der Waals surface area contributed by atoms with Crippen LogP contribution in [0.15, 0.2) is 53.1 Å². The van der Waals surface area contributed by atoms with Gasteiger partial charge in [-0.15, -0.1) is 0 Å². The molecule has 2 aliphatic heterocycles. The van der Waals surface area contributed by atoms with Crippen molar-refractivity contribution >= 4 is 12.5 Å². The van der Waals surface area contributed by atoms with Gasteiger partial charge in [-0.25, -0.2) is 4.99 Å². The normalized spacial score (nSPS) is 18.9. The zero-order valence-corrected chi connectivity index (χ0v) is 6.92. The molecule has 0 radical (unpaired) electrons. The van der Waals surface area contributed by atoms with Gasteiger partial charge in [0.05, 0.1) is 0 Å². The largest absolute Gasteiger partial charge is 0.308 e. The fourth-order valence-electron chi connectivity index (χ4n) is 1.12. The first-order valence-electron chi connectivity index (χ1n) is 3.95. The smallest absolute Gasteiger partial charge is 0.153 e. The summed E-state index contributed by atoms with van der Waals surface area (Å²) in [6, 6.07) is 0. The van der Waals surface area contributed by atoms with Crippen molar-refractivity contribution in [3.05, 3.63) is 48.1 Å². The van der Waals surface area contributed by atoms with E-state index in [9.17, 15) is 4.79 Å². The second-order valence-electron chi connectivity index (χ2n) is 2.66. The fourth-order valence-corrected chi connectivity index (χ4v) is 1.12. The van der Waals surface area contributed by atoms with E-state index >= 15 is 0 Å². The molecular formula is C10H8N2O. The average Bonchev–Trinajstić information content (AvgIpc) is 2.41. The lowest BCUT2D eigenvalue weighted by Crippen LogP contribution is -2.13. The maximum atomic E-state index is 10.5. The Hall–Kier alpha value is -1.90. The number of nitrogens with zero attached hydrogens (tertiary/aromatic N) is 2. The predicted molar refractivity (Wildman–Crippen MR) is 50.8 cm³/mol. The van der Waals surface area contributed by atoms with Gasteiger partial charge in [-0.3, -0.25) is 4.79 Å². The maximum absolute atomic E-state index is 10.5. The number of aliphatic imine (C=N–C) groups is 1. The van der Waals surface area contributed by atoms with Crippen LogP contribution in [0.25, 0.3) is 0 Å². The van der Waals surface area contributed by atoms with Crippen molar-refractivity contribution in [1.29, 1.82) is 0 Å². The predicted octanol–water partition coefficient (Wildman–Crippen LogP) is 1.38. The van der Waals surface area contributed by atoms with Crippen LogP contribution in [-0.4, -0.2) is 17.4 Å². The Bertz CT molecular complexity index is 372. The molecule has 0 atom stereocenters. The highest BCUT2D eigenvalue weighted by Crippen LogP contribution is 2.15. The van der Waals surface area contributed by atoms with Crippen molar-refractivity contribution in [2.45, 2.75) is 0 Å². The van der Waals surface area contributed by atoms with Crippen LogP contribution in [0.5, 0.6) is 0 Å². The molecule has 0 aromatic heterocycles. The number of rotatable bonds is 1. The van der Waals surface area contributed by atoms with E-state index in [2.05, 4.69) is 4.99 Å². The van der Waals surface area contributed by atoms with Gasteiger partial charge < -0.3 is 4.90 Å². The summed E-state index contributed by atoms with van der Waals surface area (Å²) in [6.45, 7) is 0. The van der Waals surface area contributed by atoms with Gasteiger partial charge in [-0.2, -0.15) is 0 Å². The van der Waals surface area contributed by atoms with Gasteiger partial charge in [0.25, 0.3) is 0 Å². The summed E-state index contributed by atoms with van der Waals surface area (Å²) in [4.78, 5) is 16.4. The molecule has 2 rings (SSSR count). The van der Waals surface area contributed by atoms with E-state index in [0.29, 0.717) is 5.57 Å². The van der Waals surface area contributed by atoms with Crippen LogP contribution >= 0.6 is 0 Å². The van der Waals surface area contributed by atoms with E-state index in [-0.39, 0.29) is 0 Å². The van der Waals surface area contributed by atoms with Gasteiger partial charge in [-0.05, 0) is 12.2 Å². The molecule has 2 aliphatic rings. The molecule has 3 heteroatoms. The monoisotopic (exact) mass is 172 g/mol. The molecule has 0 saturated carbocycles. The number of allylic oxidation sites excluding steroid dienone is 5. The van der Waals surface area contributed by atoms with E-state index in [4.69, 9.17) is 0 Å². The Morgan fingerprint density at radius 2 is 2.23 bits per heavy atom. The first-order valence-corrected chi connectivity index (χ1v) is 3.95. The third-order valence-electron chi connectivity index (χ3n) is 1.75. The quantitative estimate of drug-likeness (QED) is 0.560. The number of hydrogen-bond acceptors (Lipinski definition) is 3. The summed E-state index contributed by atoms with van der Waals surface area (Å²) in [5, 5.41) is 0. The van der Waals surface area contributed by atoms with Gasteiger partial charge in [0.15, 0.2) is 6.29 Å². The fraction of sp³-hybridized carbons (Fsp3) is 0. The summed E-state index contributed by atoms with van der Waals surface area (Å²) in [5.41, 5.74) is 0.573. The van der Waals surface area contributed by atoms with Crippen LogP contribution in [0.3, 0.4) is 0 Å². The summed E-state index contributed by atoms with van der Waals surface area (Å²) >= 11 is 0. The molecule has 0 aliphatic carbocycles. The molecule has 0 N–H and O–H groups in total. The van der Waals surface area contributed by atoms with Gasteiger partial charge in [0.2, 0.25) is 0 Å². The molecule has 0 saturated heterocycles. The van der Waals surface area contributed by atoms with Gasteiger partial charge in [0.1, 0.15) is 5.82 Å². The van der Waals surface area contributed by atoms with Crippen molar-refractivity contribution < 1.29 is 4.79 Å². The van der Waals surface area contributed by atoms with Crippen molar-refractivity contribution in [2.24, 2.45) is 4.99 Å². The minimum atomic E-state index is 0.573. The van der Waals surface area contributed by atoms with E-state index in [0.717, 1.165) is 12.1 Å². The second kappa shape index (κ2) is 3.23. The lowest BCUT2D eigenvalue weighted by atomic mass is 10.3. The van der Waals surface area contributed by atoms with Crippen LogP contribution in [0.4, 0.5) is 0 Å². The lowest BCUT2D eigenvalue weighted by Gasteiger charge is -2.18. The lowest BCUT2D eigenvalue weighted by molar-refractivity contribution is -0.104. The summed E-state index contributed by atoms with van der Waals surface area (Å²) in [5.74, 6) is 0.815. The molecule has 0 amide bonds. The highest BCUT2D eigenvalue weighted by molar-refractivity contribution is 6.02. The number of carbonyl (C=O) groups is 1. The van der Waals surface area contributed by atoms with E-state index in [1.165, 1.54) is 0 Å². The van der Waals surface area contributed by atoms with Gasteiger partial charge >= 0.3 is 0 Å². The molecule has 3 nitrogen and oxygen atoms in total. The van der Waals surface area contributed by atoms with Crippen LogP contribution < -0.4 is 0 Å². The van der Waals surface area contributed by atoms with Crippen LogP contribution in [-0.2, 0) is 4.79 Å². The molecule has 0 spiro atoms. The molecular weight excluding hydrogens is 164 g/mol. The van der Waals surface area contributed by atoms with E-state index < -0.39 is 0 Å². The number of carbonyl (C=O) groups excluding carboxylic acids is 1. The molecule has 0 unspecified atom stereocenters. The molecule has 0 aromatic rings. The average molecular weight is 172 g/mol. The molecule has 0 aromatic carbocycles. The highest BCUT2D eigenvalue weighted by atomic mass is 16.1. The minimum absolute atomic E-state index is 0.573. The van der Waals surface area contributed by atoms with Crippen LogP contribution in [0.2, 0.25) is 0 Å². The SMILES string of the molecule is O=CC1=CN2C=CC=CC=C2N=C1. The van der Waals surface area contributed by atoms with Crippen molar-refractivity contribution in [3.63, 3.8) is 0 Å². The molecule has 2 heterocycles. The van der Waals surface area contributed by atoms with Crippen molar-refractivity contribution in [1.82, 2.24) is 4.90 Å². The first kappa shape index (κ1) is 7.73. The highest BCUT2D eigenvalue weighted by Gasteiger charge is 2.08. The Morgan fingerprint density at radius 1 is 1.31 bits per heavy atom. The van der Waals surface area contributed by atoms with Gasteiger partial charge in [0, 0.05) is 24.2 Å². The van der Waals surface area contributed by atoms with Crippen LogP contribution in [0, 0.1) is 0 Å². The molecule has 13 heavy (non-hydrogen) atoms. The number of fused-ring (bicyclic) bond motifs is 1. The number of aldehydes is 1. The first-order chi connectivity index (χ1) is 6.40. The van der Waals surface area contributed by atoms with Gasteiger partial charge in [-0.1, -0.05) is 12.2 Å². The summed E-state index contributed by atoms with van der Waals surface area (Å²) in [6.07, 6.45) is 13.5. The summed E-state index contributed by atoms with van der Waals surface area (Å²) < 4.78 is 0. The Balaban J connectivity index is 2.37. The van der Waals surface area contributed by atoms with E-state index in [1.54, 1.807) is 12.4 Å². The second-order valence-corrected chi connectivity index (χ2v) is 2.66. The molecule has 64 valence electrons. The van der Waals surface area contributed by atoms with Crippen LogP contribution in [0.1, 0.15) is 0 Å². The zero-order valence-electron chi connectivity index (χ0n) is 6.92. The standard InChI is InChI=1S/C10H8N2O/c13-8-9-6-11-10-4-2-1-3-5-12(10)7-9/h1-8H. The third-order valence-corrected chi connectivity index (χ3v) is 1.75. The topological polar surface area (TPSA) is 32.7 Å². The molecule has 0 bridgehead atoms. The Morgan fingerprint density at radius 3 is 3.08 bits per heavy atom. The molecule has 0 fully saturated rings. The zero-order chi connectivity index (χ0) is 9.10. The van der Waals surface area contributed by atoms with Crippen molar-refractivity contribution in [2.75, 3.05) is 0 Å². The maximum Gasteiger partial charge on any atom is 0.153 e. The number of hydrogen-bond donors (Lipinski definition) is 0. The van der Waals surface area contributed by atoms with Crippen molar-refractivity contribution in [3.8, 4) is 0 Å².